The normalized spacial score (nSPS) is 16.8. The molecule has 5 rings (SSSR count). The van der Waals surface area contributed by atoms with Crippen molar-refractivity contribution in [3.63, 3.8) is 0 Å². The van der Waals surface area contributed by atoms with Crippen LogP contribution in [0.1, 0.15) is 46.7 Å². The summed E-state index contributed by atoms with van der Waals surface area (Å²) < 4.78 is 16.3. The zero-order chi connectivity index (χ0) is 27.7. The van der Waals surface area contributed by atoms with E-state index in [0.717, 1.165) is 33.9 Å². The van der Waals surface area contributed by atoms with Crippen molar-refractivity contribution in [1.82, 2.24) is 19.8 Å². The summed E-state index contributed by atoms with van der Waals surface area (Å²) in [5.41, 5.74) is 6.40. The Hall–Kier alpha value is -3.75. The lowest BCUT2D eigenvalue weighted by Gasteiger charge is -2.29. The average molecular weight is 562 g/mol. The van der Waals surface area contributed by atoms with Gasteiger partial charge in [-0.25, -0.2) is 4.39 Å². The lowest BCUT2D eigenvalue weighted by molar-refractivity contribution is -0.116. The molecule has 0 unspecified atom stereocenters. The number of benzene rings is 2. The highest BCUT2D eigenvalue weighted by Crippen LogP contribution is 2.43. The molecule has 2 aromatic heterocycles. The first-order valence-electron chi connectivity index (χ1n) is 12.7. The predicted molar refractivity (Wildman–Crippen MR) is 157 cm³/mol. The number of pyridine rings is 1. The van der Waals surface area contributed by atoms with Crippen LogP contribution in [0, 0.1) is 26.6 Å². The fraction of sp³-hybridized carbons (Fsp3) is 0.233. The zero-order valence-corrected chi connectivity index (χ0v) is 23.5. The van der Waals surface area contributed by atoms with E-state index in [9.17, 15) is 9.18 Å². The fourth-order valence-corrected chi connectivity index (χ4v) is 5.92. The molecule has 200 valence electrons. The van der Waals surface area contributed by atoms with Crippen molar-refractivity contribution >= 4 is 40.5 Å². The first kappa shape index (κ1) is 26.8. The summed E-state index contributed by atoms with van der Waals surface area (Å²) in [5.74, 6) is -0.759. The molecule has 0 bridgehead atoms. The van der Waals surface area contributed by atoms with Crippen LogP contribution in [0.15, 0.2) is 72.9 Å². The third-order valence-corrected chi connectivity index (χ3v) is 7.88. The van der Waals surface area contributed by atoms with Crippen LogP contribution in [-0.2, 0) is 4.79 Å². The van der Waals surface area contributed by atoms with Gasteiger partial charge in [-0.3, -0.25) is 9.78 Å². The van der Waals surface area contributed by atoms with Crippen LogP contribution >= 0.6 is 23.8 Å². The Bertz CT molecular complexity index is 1540. The molecule has 0 saturated carbocycles. The van der Waals surface area contributed by atoms with Gasteiger partial charge in [0.05, 0.1) is 23.5 Å². The predicted octanol–water partition coefficient (Wildman–Crippen LogP) is 6.59. The SMILES string of the molecule is Cc1c([C@H]2[C@@H](c3ccccn3)NC(=S)N2CCC(=O)Nc2ccccc2F)c(C)n(-c2cccc(Cl)c2)c1C. The van der Waals surface area contributed by atoms with E-state index in [0.29, 0.717) is 16.7 Å². The number of nitrogens with one attached hydrogen (secondary N) is 2. The van der Waals surface area contributed by atoms with Gasteiger partial charge in [0.25, 0.3) is 0 Å². The molecule has 2 atom stereocenters. The molecule has 4 aromatic rings. The highest BCUT2D eigenvalue weighted by molar-refractivity contribution is 7.80. The second-order valence-electron chi connectivity index (χ2n) is 9.62. The Morgan fingerprint density at radius 1 is 1.08 bits per heavy atom. The molecule has 0 aliphatic carbocycles. The number of carbonyl (C=O) groups excluding carboxylic acids is 1. The van der Waals surface area contributed by atoms with E-state index in [1.54, 1.807) is 24.4 Å². The van der Waals surface area contributed by atoms with E-state index in [4.69, 9.17) is 23.8 Å². The van der Waals surface area contributed by atoms with Gasteiger partial charge in [-0.15, -0.1) is 0 Å². The van der Waals surface area contributed by atoms with Gasteiger partial charge in [-0.1, -0.05) is 35.9 Å². The summed E-state index contributed by atoms with van der Waals surface area (Å²) in [7, 11) is 0. The third-order valence-electron chi connectivity index (χ3n) is 7.29. The zero-order valence-electron chi connectivity index (χ0n) is 21.9. The molecule has 2 aromatic carbocycles. The van der Waals surface area contributed by atoms with E-state index < -0.39 is 5.82 Å². The minimum absolute atomic E-state index is 0.133. The average Bonchev–Trinajstić information content (AvgIpc) is 3.35. The Balaban J connectivity index is 1.52. The van der Waals surface area contributed by atoms with Gasteiger partial charge >= 0.3 is 0 Å². The smallest absolute Gasteiger partial charge is 0.226 e. The fourth-order valence-electron chi connectivity index (χ4n) is 5.40. The number of rotatable bonds is 7. The van der Waals surface area contributed by atoms with E-state index in [1.165, 1.54) is 6.07 Å². The molecule has 1 fully saturated rings. The van der Waals surface area contributed by atoms with Crippen molar-refractivity contribution in [2.24, 2.45) is 0 Å². The second-order valence-corrected chi connectivity index (χ2v) is 10.4. The summed E-state index contributed by atoms with van der Waals surface area (Å²) in [6.45, 7) is 6.64. The molecule has 3 heterocycles. The Labute approximate surface area is 237 Å². The van der Waals surface area contributed by atoms with Crippen LogP contribution in [0.3, 0.4) is 0 Å². The second kappa shape index (κ2) is 11.2. The number of nitrogens with zero attached hydrogens (tertiary/aromatic N) is 3. The maximum absolute atomic E-state index is 14.1. The summed E-state index contributed by atoms with van der Waals surface area (Å²) >= 11 is 12.1. The molecule has 2 N–H and O–H groups in total. The molecule has 39 heavy (non-hydrogen) atoms. The minimum Gasteiger partial charge on any atom is -0.352 e. The Kier molecular flexibility index (Phi) is 7.68. The number of carbonyl (C=O) groups is 1. The summed E-state index contributed by atoms with van der Waals surface area (Å²) in [6.07, 6.45) is 1.90. The largest absolute Gasteiger partial charge is 0.352 e. The first-order chi connectivity index (χ1) is 18.8. The van der Waals surface area contributed by atoms with Crippen molar-refractivity contribution < 1.29 is 9.18 Å². The quantitative estimate of drug-likeness (QED) is 0.249. The standard InChI is InChI=1S/C30H29ClFN5OS/c1-18-19(2)37(22-10-8-9-21(31)17-22)20(3)27(18)29-28(25-13-6-7-15-33-25)35-30(39)36(29)16-14-26(38)34-24-12-5-4-11-23(24)32/h4-13,15,17,28-29H,14,16H2,1-3H3,(H,34,38)(H,35,39)/t28-,29+/m1/s1. The van der Waals surface area contributed by atoms with Crippen molar-refractivity contribution in [3.8, 4) is 5.69 Å². The molecular formula is C30H29ClFN5OS. The van der Waals surface area contributed by atoms with Crippen LogP contribution in [0.25, 0.3) is 5.69 Å². The first-order valence-corrected chi connectivity index (χ1v) is 13.5. The van der Waals surface area contributed by atoms with E-state index in [1.807, 2.05) is 47.4 Å². The lowest BCUT2D eigenvalue weighted by Crippen LogP contribution is -2.33. The highest BCUT2D eigenvalue weighted by Gasteiger charge is 2.42. The molecule has 0 radical (unpaired) electrons. The van der Waals surface area contributed by atoms with Crippen LogP contribution in [-0.4, -0.2) is 32.0 Å². The molecule has 1 amide bonds. The van der Waals surface area contributed by atoms with Gasteiger partial charge in [0, 0.05) is 46.8 Å². The van der Waals surface area contributed by atoms with E-state index in [2.05, 4.69) is 41.0 Å². The van der Waals surface area contributed by atoms with Crippen LogP contribution in [0.4, 0.5) is 10.1 Å². The molecule has 0 spiro atoms. The number of para-hydroxylation sites is 1. The number of hydrogen-bond acceptors (Lipinski definition) is 3. The molecule has 1 saturated heterocycles. The van der Waals surface area contributed by atoms with Crippen LogP contribution < -0.4 is 10.6 Å². The highest BCUT2D eigenvalue weighted by atomic mass is 35.5. The molecule has 1 aliphatic heterocycles. The van der Waals surface area contributed by atoms with Gasteiger partial charge < -0.3 is 20.1 Å². The molecule has 6 nitrogen and oxygen atoms in total. The summed E-state index contributed by atoms with van der Waals surface area (Å²) in [5, 5.41) is 7.34. The van der Waals surface area contributed by atoms with Gasteiger partial charge in [-0.2, -0.15) is 0 Å². The third kappa shape index (κ3) is 5.27. The molecule has 1 aliphatic rings. The number of anilines is 1. The van der Waals surface area contributed by atoms with Gasteiger partial charge in [0.2, 0.25) is 5.91 Å². The van der Waals surface area contributed by atoms with Crippen molar-refractivity contribution in [2.45, 2.75) is 39.3 Å². The van der Waals surface area contributed by atoms with Gasteiger partial charge in [0.15, 0.2) is 5.11 Å². The number of thiocarbonyl (C=S) groups is 1. The van der Waals surface area contributed by atoms with Crippen molar-refractivity contribution in [3.05, 3.63) is 112 Å². The van der Waals surface area contributed by atoms with E-state index >= 15 is 0 Å². The topological polar surface area (TPSA) is 62.2 Å². The summed E-state index contributed by atoms with van der Waals surface area (Å²) in [6, 6.07) is 19.3. The number of halogens is 2. The Morgan fingerprint density at radius 2 is 1.85 bits per heavy atom. The summed E-state index contributed by atoms with van der Waals surface area (Å²) in [4.78, 5) is 19.5. The lowest BCUT2D eigenvalue weighted by atomic mass is 9.93. The van der Waals surface area contributed by atoms with Gasteiger partial charge in [0.1, 0.15) is 5.82 Å². The Morgan fingerprint density at radius 3 is 2.56 bits per heavy atom. The van der Waals surface area contributed by atoms with Gasteiger partial charge in [-0.05, 0) is 81.0 Å². The maximum atomic E-state index is 14.1. The van der Waals surface area contributed by atoms with Crippen LogP contribution in [0.5, 0.6) is 0 Å². The molecule has 9 heteroatoms. The van der Waals surface area contributed by atoms with E-state index in [-0.39, 0.29) is 30.1 Å². The maximum Gasteiger partial charge on any atom is 0.226 e. The van der Waals surface area contributed by atoms with Crippen molar-refractivity contribution in [2.75, 3.05) is 11.9 Å². The molecular weight excluding hydrogens is 533 g/mol. The minimum atomic E-state index is -0.471. The monoisotopic (exact) mass is 561 g/mol. The number of amides is 1. The number of aromatic nitrogens is 2. The van der Waals surface area contributed by atoms with Crippen molar-refractivity contribution in [1.29, 1.82) is 0 Å². The number of hydrogen-bond donors (Lipinski definition) is 2. The van der Waals surface area contributed by atoms with Crippen LogP contribution in [0.2, 0.25) is 5.02 Å².